The van der Waals surface area contributed by atoms with Crippen LogP contribution in [0.2, 0.25) is 0 Å². The number of nitrogens with one attached hydrogen (secondary N) is 1. The number of benzene rings is 1. The lowest BCUT2D eigenvalue weighted by molar-refractivity contribution is -0.113. The van der Waals surface area contributed by atoms with Crippen molar-refractivity contribution in [2.75, 3.05) is 18.2 Å². The van der Waals surface area contributed by atoms with Gasteiger partial charge in [0.15, 0.2) is 5.16 Å². The number of thioether (sulfide) groups is 1. The van der Waals surface area contributed by atoms with Crippen molar-refractivity contribution in [1.82, 2.24) is 14.8 Å². The van der Waals surface area contributed by atoms with Crippen molar-refractivity contribution in [3.63, 3.8) is 0 Å². The average Bonchev–Trinajstić information content (AvgIpc) is 3.29. The van der Waals surface area contributed by atoms with E-state index < -0.39 is 5.97 Å². The summed E-state index contributed by atoms with van der Waals surface area (Å²) in [5.74, 6) is 0.399. The molecular weight excluding hydrogens is 468 g/mol. The second-order valence-corrected chi connectivity index (χ2v) is 10.1. The largest absolute Gasteiger partial charge is 0.465 e. The Bertz CT molecular complexity index is 1170. The number of hydrogen-bond donors (Lipinski definition) is 1. The number of hydrogen-bond acceptors (Lipinski definition) is 7. The quantitative estimate of drug-likeness (QED) is 0.196. The number of esters is 1. The van der Waals surface area contributed by atoms with Crippen LogP contribution in [0.4, 0.5) is 5.00 Å². The van der Waals surface area contributed by atoms with Crippen molar-refractivity contribution < 1.29 is 14.3 Å². The van der Waals surface area contributed by atoms with Crippen molar-refractivity contribution in [2.45, 2.75) is 50.2 Å². The zero-order valence-electron chi connectivity index (χ0n) is 19.2. The number of thiophene rings is 1. The van der Waals surface area contributed by atoms with Gasteiger partial charge in [-0.15, -0.1) is 28.1 Å². The molecule has 178 valence electrons. The number of aromatic nitrogens is 3. The Morgan fingerprint density at radius 2 is 2.00 bits per heavy atom. The van der Waals surface area contributed by atoms with Gasteiger partial charge in [-0.1, -0.05) is 54.6 Å². The highest BCUT2D eigenvalue weighted by molar-refractivity contribution is 7.99. The monoisotopic (exact) mass is 496 g/mol. The molecule has 1 aliphatic carbocycles. The van der Waals surface area contributed by atoms with Crippen LogP contribution in [-0.4, -0.2) is 39.5 Å². The van der Waals surface area contributed by atoms with E-state index in [1.54, 1.807) is 6.08 Å². The molecule has 0 aliphatic heterocycles. The van der Waals surface area contributed by atoms with Crippen molar-refractivity contribution in [2.24, 2.45) is 0 Å². The maximum atomic E-state index is 12.8. The van der Waals surface area contributed by atoms with Crippen LogP contribution in [0, 0.1) is 0 Å². The van der Waals surface area contributed by atoms with E-state index in [0.29, 0.717) is 28.7 Å². The van der Waals surface area contributed by atoms with Crippen LogP contribution in [0.1, 0.15) is 51.4 Å². The van der Waals surface area contributed by atoms with Gasteiger partial charge in [0, 0.05) is 17.8 Å². The van der Waals surface area contributed by atoms with E-state index in [1.807, 2.05) is 22.8 Å². The number of aryl methyl sites for hydroxylation is 1. The van der Waals surface area contributed by atoms with Crippen LogP contribution in [0.3, 0.4) is 0 Å². The Labute approximate surface area is 207 Å². The summed E-state index contributed by atoms with van der Waals surface area (Å²) >= 11 is 2.82. The molecule has 0 radical (unpaired) electrons. The van der Waals surface area contributed by atoms with Gasteiger partial charge < -0.3 is 14.6 Å². The number of anilines is 1. The van der Waals surface area contributed by atoms with Crippen LogP contribution in [-0.2, 0) is 35.3 Å². The molecule has 1 N–H and O–H groups in total. The van der Waals surface area contributed by atoms with Crippen LogP contribution < -0.4 is 5.32 Å². The second kappa shape index (κ2) is 11.5. The maximum absolute atomic E-state index is 12.8. The summed E-state index contributed by atoms with van der Waals surface area (Å²) in [7, 11) is 1.38. The Morgan fingerprint density at radius 1 is 1.21 bits per heavy atom. The fraction of sp³-hybridized carbons (Fsp3) is 0.360. The van der Waals surface area contributed by atoms with E-state index in [9.17, 15) is 9.59 Å². The number of nitrogens with zero attached hydrogens (tertiary/aromatic N) is 3. The van der Waals surface area contributed by atoms with E-state index in [-0.39, 0.29) is 11.7 Å². The second-order valence-electron chi connectivity index (χ2n) is 8.06. The van der Waals surface area contributed by atoms with Crippen molar-refractivity contribution in [3.8, 4) is 0 Å². The molecule has 0 fully saturated rings. The first kappa shape index (κ1) is 24.2. The van der Waals surface area contributed by atoms with Crippen molar-refractivity contribution >= 4 is 40.0 Å². The zero-order valence-corrected chi connectivity index (χ0v) is 20.8. The van der Waals surface area contributed by atoms with E-state index >= 15 is 0 Å². The molecular formula is C25H28N4O3S2. The van der Waals surface area contributed by atoms with Gasteiger partial charge in [0.05, 0.1) is 18.4 Å². The molecule has 34 heavy (non-hydrogen) atoms. The number of allylic oxidation sites excluding steroid dienone is 1. The molecule has 7 nitrogen and oxygen atoms in total. The molecule has 4 rings (SSSR count). The predicted molar refractivity (Wildman–Crippen MR) is 136 cm³/mol. The number of fused-ring (bicyclic) bond motifs is 1. The fourth-order valence-corrected chi connectivity index (χ4v) is 6.15. The summed E-state index contributed by atoms with van der Waals surface area (Å²) in [6.07, 6.45) is 7.51. The summed E-state index contributed by atoms with van der Waals surface area (Å²) in [5.41, 5.74) is 2.69. The van der Waals surface area contributed by atoms with Crippen molar-refractivity contribution in [3.05, 3.63) is 70.4 Å². The molecule has 1 aromatic carbocycles. The summed E-state index contributed by atoms with van der Waals surface area (Å²) < 4.78 is 7.00. The van der Waals surface area contributed by atoms with Crippen LogP contribution in [0.5, 0.6) is 0 Å². The summed E-state index contributed by atoms with van der Waals surface area (Å²) in [6, 6.07) is 10.1. The molecule has 0 atom stereocenters. The molecule has 9 heteroatoms. The van der Waals surface area contributed by atoms with Gasteiger partial charge in [0.1, 0.15) is 10.8 Å². The maximum Gasteiger partial charge on any atom is 0.341 e. The van der Waals surface area contributed by atoms with Crippen molar-refractivity contribution in [1.29, 1.82) is 0 Å². The summed E-state index contributed by atoms with van der Waals surface area (Å²) in [4.78, 5) is 26.5. The first-order valence-corrected chi connectivity index (χ1v) is 13.1. The number of rotatable bonds is 9. The van der Waals surface area contributed by atoms with Gasteiger partial charge in [0.25, 0.3) is 0 Å². The number of methoxy groups -OCH3 is 1. The minimum Gasteiger partial charge on any atom is -0.465 e. The third kappa shape index (κ3) is 5.59. The van der Waals surface area contributed by atoms with Gasteiger partial charge in [-0.3, -0.25) is 4.79 Å². The summed E-state index contributed by atoms with van der Waals surface area (Å²) in [5, 5.41) is 12.9. The minimum atomic E-state index is -0.390. The third-order valence-electron chi connectivity index (χ3n) is 5.71. The Morgan fingerprint density at radius 3 is 2.76 bits per heavy atom. The lowest BCUT2D eigenvalue weighted by Crippen LogP contribution is -2.17. The highest BCUT2D eigenvalue weighted by Gasteiger charge is 2.26. The standard InChI is InChI=1S/C25H28N4O3S2/c1-3-14-29-20(15-17-10-6-4-7-11-17)27-28-25(29)33-16-21(30)26-23-22(24(31)32-2)18-12-8-5-9-13-19(18)34-23/h3-4,6-7,10-11H,1,5,8-9,12-16H2,2H3,(H,26,30). The number of carbonyl (C=O) groups excluding carboxylic acids is 2. The Kier molecular flexibility index (Phi) is 8.18. The lowest BCUT2D eigenvalue weighted by atomic mass is 10.1. The van der Waals surface area contributed by atoms with E-state index in [4.69, 9.17) is 4.74 Å². The molecule has 3 aromatic rings. The van der Waals surface area contributed by atoms with Gasteiger partial charge in [-0.25, -0.2) is 4.79 Å². The molecule has 1 aliphatic rings. The van der Waals surface area contributed by atoms with Gasteiger partial charge in [-0.05, 0) is 36.8 Å². The molecule has 0 bridgehead atoms. The highest BCUT2D eigenvalue weighted by atomic mass is 32.2. The van der Waals surface area contributed by atoms with Gasteiger partial charge in [0.2, 0.25) is 5.91 Å². The molecule has 2 heterocycles. The zero-order chi connectivity index (χ0) is 23.9. The van der Waals surface area contributed by atoms with E-state index in [0.717, 1.165) is 49.1 Å². The van der Waals surface area contributed by atoms with E-state index in [2.05, 4.69) is 34.2 Å². The first-order chi connectivity index (χ1) is 16.6. The van der Waals surface area contributed by atoms with Gasteiger partial charge in [-0.2, -0.15) is 0 Å². The molecule has 0 saturated carbocycles. The molecule has 0 spiro atoms. The molecule has 2 aromatic heterocycles. The predicted octanol–water partition coefficient (Wildman–Crippen LogP) is 4.90. The number of ether oxygens (including phenoxy) is 1. The van der Waals surface area contributed by atoms with Gasteiger partial charge >= 0.3 is 5.97 Å². The van der Waals surface area contributed by atoms with Crippen LogP contribution >= 0.6 is 23.1 Å². The van der Waals surface area contributed by atoms with E-state index in [1.165, 1.54) is 35.1 Å². The molecule has 0 unspecified atom stereocenters. The molecule has 0 saturated heterocycles. The SMILES string of the molecule is C=CCn1c(Cc2ccccc2)nnc1SCC(=O)Nc1sc2c(c1C(=O)OC)CCCCC2. The Hall–Kier alpha value is -2.91. The fourth-order valence-electron chi connectivity index (χ4n) is 4.09. The third-order valence-corrected chi connectivity index (χ3v) is 7.88. The average molecular weight is 497 g/mol. The molecule has 1 amide bonds. The normalized spacial score (nSPS) is 13.1. The topological polar surface area (TPSA) is 86.1 Å². The smallest absolute Gasteiger partial charge is 0.341 e. The number of carbonyl (C=O) groups is 2. The lowest BCUT2D eigenvalue weighted by Gasteiger charge is -2.09. The Balaban J connectivity index is 1.46. The first-order valence-electron chi connectivity index (χ1n) is 11.3. The minimum absolute atomic E-state index is 0.157. The van der Waals surface area contributed by atoms with Crippen LogP contribution in [0.15, 0.2) is 48.1 Å². The van der Waals surface area contributed by atoms with Crippen LogP contribution in [0.25, 0.3) is 0 Å². The number of amides is 1. The highest BCUT2D eigenvalue weighted by Crippen LogP contribution is 2.38. The summed E-state index contributed by atoms with van der Waals surface area (Å²) in [6.45, 7) is 4.40.